The molecule has 10 rings (SSSR count). The molecule has 0 atom stereocenters. The number of rotatable bonds is 6. The summed E-state index contributed by atoms with van der Waals surface area (Å²) < 4.78 is 2.30. The number of benzene rings is 9. The molecule has 0 aliphatic carbocycles. The average Bonchev–Trinajstić information content (AvgIpc) is 3.62. The Balaban J connectivity index is 1.20. The average molecular weight is 677 g/mol. The van der Waals surface area contributed by atoms with Crippen LogP contribution in [0, 0.1) is 0 Å². The van der Waals surface area contributed by atoms with E-state index in [0.29, 0.717) is 0 Å². The summed E-state index contributed by atoms with van der Waals surface area (Å²) in [6, 6.07) is 68.6. The molecule has 0 fully saturated rings. The molecular formula is C51H36N2. The van der Waals surface area contributed by atoms with Crippen molar-refractivity contribution in [2.24, 2.45) is 0 Å². The summed E-state index contributed by atoms with van der Waals surface area (Å²) in [7, 11) is 0. The summed E-state index contributed by atoms with van der Waals surface area (Å²) in [5.74, 6) is 1.07. The monoisotopic (exact) mass is 676 g/mol. The van der Waals surface area contributed by atoms with E-state index in [2.05, 4.69) is 200 Å². The van der Waals surface area contributed by atoms with Gasteiger partial charge in [-0.3, -0.25) is 4.57 Å². The zero-order chi connectivity index (χ0) is 35.3. The predicted molar refractivity (Wildman–Crippen MR) is 225 cm³/mol. The first kappa shape index (κ1) is 31.0. The minimum atomic E-state index is 0.860. The highest BCUT2D eigenvalue weighted by molar-refractivity contribution is 6.22. The largest absolute Gasteiger partial charge is 0.296 e. The molecule has 0 amide bonds. The highest BCUT2D eigenvalue weighted by Gasteiger charge is 2.19. The number of fused-ring (bicyclic) bond motifs is 4. The fraction of sp³-hybridized carbons (Fsp3) is 0.0392. The van der Waals surface area contributed by atoms with Gasteiger partial charge in [0.2, 0.25) is 0 Å². The molecule has 1 heterocycles. The van der Waals surface area contributed by atoms with E-state index in [9.17, 15) is 0 Å². The first-order chi connectivity index (χ1) is 26.2. The third kappa shape index (κ3) is 5.30. The normalized spacial score (nSPS) is 11.6. The van der Waals surface area contributed by atoms with Gasteiger partial charge in [0, 0.05) is 12.1 Å². The van der Waals surface area contributed by atoms with Gasteiger partial charge in [-0.2, -0.15) is 0 Å². The third-order valence-corrected chi connectivity index (χ3v) is 10.7. The Morgan fingerprint density at radius 2 is 0.925 bits per heavy atom. The van der Waals surface area contributed by atoms with Crippen molar-refractivity contribution < 1.29 is 0 Å². The van der Waals surface area contributed by atoms with E-state index >= 15 is 0 Å². The smallest absolute Gasteiger partial charge is 0.114 e. The first-order valence-corrected chi connectivity index (χ1v) is 18.4. The van der Waals surface area contributed by atoms with Crippen LogP contribution in [0.15, 0.2) is 188 Å². The highest BCUT2D eigenvalue weighted by Crippen LogP contribution is 2.45. The van der Waals surface area contributed by atoms with Crippen molar-refractivity contribution in [3.05, 3.63) is 194 Å². The standard InChI is InChI=1S/C51H36N2/c1-2-49-52-47-18-10-11-19-48(47)53(49)42-29-26-38(27-30-42)50-43-16-8-9-17-44(43)51(37-23-20-36(21-24-37)34-12-4-3-5-13-34)46-33-41(28-31-45(46)50)40-25-22-35-14-6-7-15-39(35)32-40/h3-33H,2H2,1H3. The maximum atomic E-state index is 4.94. The van der Waals surface area contributed by atoms with Crippen LogP contribution in [-0.2, 0) is 6.42 Å². The Kier molecular flexibility index (Phi) is 7.47. The molecule has 2 nitrogen and oxygen atoms in total. The SMILES string of the molecule is CCc1nc2ccccc2n1-c1ccc(-c2c3ccccc3c(-c3ccc(-c4ccccc4)cc3)c3cc(-c4ccc5ccccc5c4)ccc23)cc1. The number of hydrogen-bond donors (Lipinski definition) is 0. The quantitative estimate of drug-likeness (QED) is 0.160. The van der Waals surface area contributed by atoms with Crippen LogP contribution in [0.5, 0.6) is 0 Å². The first-order valence-electron chi connectivity index (χ1n) is 18.4. The summed E-state index contributed by atoms with van der Waals surface area (Å²) in [5, 5.41) is 7.48. The number of aromatic nitrogens is 2. The number of nitrogens with zero attached hydrogens (tertiary/aromatic N) is 2. The van der Waals surface area contributed by atoms with Crippen molar-refractivity contribution in [2.45, 2.75) is 13.3 Å². The topological polar surface area (TPSA) is 17.8 Å². The predicted octanol–water partition coefficient (Wildman–Crippen LogP) is 13.7. The fourth-order valence-corrected chi connectivity index (χ4v) is 8.19. The molecule has 53 heavy (non-hydrogen) atoms. The summed E-state index contributed by atoms with van der Waals surface area (Å²) in [4.78, 5) is 4.94. The zero-order valence-electron chi connectivity index (χ0n) is 29.5. The highest BCUT2D eigenvalue weighted by atomic mass is 15.1. The lowest BCUT2D eigenvalue weighted by Crippen LogP contribution is -2.00. The maximum absolute atomic E-state index is 4.94. The van der Waals surface area contributed by atoms with Gasteiger partial charge in [0.15, 0.2) is 0 Å². The fourth-order valence-electron chi connectivity index (χ4n) is 8.19. The van der Waals surface area contributed by atoms with E-state index in [1.165, 1.54) is 76.8 Å². The Morgan fingerprint density at radius 3 is 1.68 bits per heavy atom. The second-order valence-corrected chi connectivity index (χ2v) is 13.8. The Hall–Kier alpha value is -6.77. The zero-order valence-corrected chi connectivity index (χ0v) is 29.5. The van der Waals surface area contributed by atoms with Crippen LogP contribution in [0.2, 0.25) is 0 Å². The molecule has 0 aliphatic rings. The Labute approximate surface area is 309 Å². The molecule has 0 unspecified atom stereocenters. The van der Waals surface area contributed by atoms with Crippen LogP contribution in [0.4, 0.5) is 0 Å². The van der Waals surface area contributed by atoms with Gasteiger partial charge >= 0.3 is 0 Å². The minimum absolute atomic E-state index is 0.860. The molecule has 0 saturated heterocycles. The van der Waals surface area contributed by atoms with Crippen molar-refractivity contribution in [3.8, 4) is 50.2 Å². The van der Waals surface area contributed by atoms with Gasteiger partial charge < -0.3 is 0 Å². The molecule has 0 spiro atoms. The van der Waals surface area contributed by atoms with Gasteiger partial charge in [0.25, 0.3) is 0 Å². The van der Waals surface area contributed by atoms with Crippen molar-refractivity contribution in [1.29, 1.82) is 0 Å². The summed E-state index contributed by atoms with van der Waals surface area (Å²) in [6.07, 6.45) is 0.860. The molecule has 9 aromatic carbocycles. The molecule has 1 aromatic heterocycles. The van der Waals surface area contributed by atoms with Gasteiger partial charge in [-0.05, 0) is 113 Å². The molecule has 0 bridgehead atoms. The Morgan fingerprint density at radius 1 is 0.396 bits per heavy atom. The second-order valence-electron chi connectivity index (χ2n) is 13.8. The second kappa shape index (κ2) is 12.8. The van der Waals surface area contributed by atoms with E-state index in [1.807, 2.05) is 0 Å². The molecule has 2 heteroatoms. The molecule has 0 N–H and O–H groups in total. The summed E-state index contributed by atoms with van der Waals surface area (Å²) >= 11 is 0. The van der Waals surface area contributed by atoms with E-state index < -0.39 is 0 Å². The van der Waals surface area contributed by atoms with E-state index in [1.54, 1.807) is 0 Å². The van der Waals surface area contributed by atoms with E-state index in [4.69, 9.17) is 4.98 Å². The van der Waals surface area contributed by atoms with Crippen molar-refractivity contribution in [2.75, 3.05) is 0 Å². The van der Waals surface area contributed by atoms with Crippen LogP contribution >= 0.6 is 0 Å². The number of aryl methyl sites for hydroxylation is 1. The number of imidazole rings is 1. The molecule has 0 saturated carbocycles. The number of hydrogen-bond acceptors (Lipinski definition) is 1. The van der Waals surface area contributed by atoms with Crippen molar-refractivity contribution in [3.63, 3.8) is 0 Å². The van der Waals surface area contributed by atoms with E-state index in [0.717, 1.165) is 29.0 Å². The van der Waals surface area contributed by atoms with Gasteiger partial charge in [-0.15, -0.1) is 0 Å². The lowest BCUT2D eigenvalue weighted by atomic mass is 9.84. The number of para-hydroxylation sites is 2. The summed E-state index contributed by atoms with van der Waals surface area (Å²) in [6.45, 7) is 2.17. The van der Waals surface area contributed by atoms with Crippen LogP contribution in [0.1, 0.15) is 12.7 Å². The maximum Gasteiger partial charge on any atom is 0.114 e. The molecule has 0 radical (unpaired) electrons. The van der Waals surface area contributed by atoms with Gasteiger partial charge in [0.05, 0.1) is 11.0 Å². The van der Waals surface area contributed by atoms with Crippen molar-refractivity contribution >= 4 is 43.4 Å². The van der Waals surface area contributed by atoms with E-state index in [-0.39, 0.29) is 0 Å². The molecular weight excluding hydrogens is 641 g/mol. The van der Waals surface area contributed by atoms with Crippen LogP contribution in [0.3, 0.4) is 0 Å². The molecule has 250 valence electrons. The van der Waals surface area contributed by atoms with Crippen LogP contribution in [0.25, 0.3) is 93.5 Å². The van der Waals surface area contributed by atoms with Gasteiger partial charge in [-0.25, -0.2) is 4.98 Å². The Bertz CT molecular complexity index is 2950. The molecule has 10 aromatic rings. The van der Waals surface area contributed by atoms with Crippen LogP contribution in [-0.4, -0.2) is 9.55 Å². The lowest BCUT2D eigenvalue weighted by Gasteiger charge is -2.19. The van der Waals surface area contributed by atoms with Gasteiger partial charge in [0.1, 0.15) is 5.82 Å². The van der Waals surface area contributed by atoms with Gasteiger partial charge in [-0.1, -0.05) is 159 Å². The van der Waals surface area contributed by atoms with Crippen LogP contribution < -0.4 is 0 Å². The third-order valence-electron chi connectivity index (χ3n) is 10.7. The lowest BCUT2D eigenvalue weighted by molar-refractivity contribution is 0.908. The summed E-state index contributed by atoms with van der Waals surface area (Å²) in [5.41, 5.74) is 13.1. The van der Waals surface area contributed by atoms with Crippen molar-refractivity contribution in [1.82, 2.24) is 9.55 Å². The minimum Gasteiger partial charge on any atom is -0.296 e. The molecule has 0 aliphatic heterocycles.